The Labute approximate surface area is 166 Å². The molecule has 3 unspecified atom stereocenters. The Morgan fingerprint density at radius 3 is 2.43 bits per heavy atom. The van der Waals surface area contributed by atoms with Crippen molar-refractivity contribution in [1.82, 2.24) is 9.80 Å². The second-order valence-electron chi connectivity index (χ2n) is 8.17. The van der Waals surface area contributed by atoms with E-state index in [4.69, 9.17) is 4.74 Å². The minimum absolute atomic E-state index is 0.0919. The number of rotatable bonds is 4. The van der Waals surface area contributed by atoms with Gasteiger partial charge in [0.05, 0.1) is 24.6 Å². The van der Waals surface area contributed by atoms with Gasteiger partial charge in [0.25, 0.3) is 0 Å². The summed E-state index contributed by atoms with van der Waals surface area (Å²) in [5.74, 6) is 0.923. The van der Waals surface area contributed by atoms with E-state index < -0.39 is 11.0 Å². The Morgan fingerprint density at radius 2 is 1.86 bits per heavy atom. The summed E-state index contributed by atoms with van der Waals surface area (Å²) in [7, 11) is 3.63. The van der Waals surface area contributed by atoms with E-state index in [1.54, 1.807) is 7.11 Å². The lowest BCUT2D eigenvalue weighted by Gasteiger charge is -2.51. The number of hydrogen-bond acceptors (Lipinski definition) is 4. The van der Waals surface area contributed by atoms with Crippen molar-refractivity contribution < 1.29 is 9.53 Å². The van der Waals surface area contributed by atoms with Crippen LogP contribution in [0.1, 0.15) is 30.5 Å². The lowest BCUT2D eigenvalue weighted by molar-refractivity contribution is -0.162. The fourth-order valence-electron chi connectivity index (χ4n) is 4.96. The maximum atomic E-state index is 13.3. The number of carbonyl (C=O) groups excluding carboxylic acids is 1. The lowest BCUT2D eigenvalue weighted by Crippen LogP contribution is -2.70. The normalized spacial score (nSPS) is 29.6. The number of β-lactam (4-membered cyclic amide) rings is 1. The van der Waals surface area contributed by atoms with Crippen LogP contribution in [-0.2, 0) is 11.3 Å². The van der Waals surface area contributed by atoms with Crippen molar-refractivity contribution in [2.45, 2.75) is 31.5 Å². The Kier molecular flexibility index (Phi) is 4.40. The summed E-state index contributed by atoms with van der Waals surface area (Å²) in [6.45, 7) is 3.21. The van der Waals surface area contributed by atoms with Crippen molar-refractivity contribution in [3.8, 4) is 11.8 Å². The van der Waals surface area contributed by atoms with Gasteiger partial charge in [-0.1, -0.05) is 42.5 Å². The number of likely N-dealkylation sites (N-methyl/N-ethyl adjacent to an activating group) is 1. The number of nitriles is 1. The molecular formula is C23H25N3O2. The summed E-state index contributed by atoms with van der Waals surface area (Å²) in [6.07, 6.45) is 0.560. The lowest BCUT2D eigenvalue weighted by atomic mass is 9.75. The third kappa shape index (κ3) is 2.68. The Balaban J connectivity index is 1.56. The molecule has 0 aliphatic carbocycles. The quantitative estimate of drug-likeness (QED) is 0.769. The van der Waals surface area contributed by atoms with Crippen LogP contribution in [0.5, 0.6) is 5.75 Å². The van der Waals surface area contributed by atoms with Gasteiger partial charge < -0.3 is 9.64 Å². The van der Waals surface area contributed by atoms with Crippen LogP contribution in [0.4, 0.5) is 0 Å². The van der Waals surface area contributed by atoms with Crippen molar-refractivity contribution in [3.63, 3.8) is 0 Å². The topological polar surface area (TPSA) is 56.6 Å². The zero-order valence-electron chi connectivity index (χ0n) is 16.6. The molecule has 0 N–H and O–H groups in total. The van der Waals surface area contributed by atoms with Crippen molar-refractivity contribution in [1.29, 1.82) is 5.26 Å². The Hall–Kier alpha value is -2.84. The van der Waals surface area contributed by atoms with E-state index in [9.17, 15) is 10.1 Å². The van der Waals surface area contributed by atoms with Gasteiger partial charge in [0.1, 0.15) is 11.3 Å². The van der Waals surface area contributed by atoms with Crippen molar-refractivity contribution in [2.75, 3.05) is 20.7 Å². The third-order valence-electron chi connectivity index (χ3n) is 6.37. The monoisotopic (exact) mass is 375 g/mol. The number of methoxy groups -OCH3 is 1. The first kappa shape index (κ1) is 18.5. The SMILES string of the molecule is COc1ccc(CN2CC3(CC(C)(C#N)C(c4ccccc4)N3C)C2=O)cc1. The molecule has 2 fully saturated rings. The number of likely N-dealkylation sites (tertiary alicyclic amines) is 2. The highest BCUT2D eigenvalue weighted by molar-refractivity contribution is 5.93. The van der Waals surface area contributed by atoms with E-state index in [0.717, 1.165) is 16.9 Å². The third-order valence-corrected chi connectivity index (χ3v) is 6.37. The molecule has 1 amide bonds. The van der Waals surface area contributed by atoms with Gasteiger partial charge in [0.15, 0.2) is 0 Å². The maximum absolute atomic E-state index is 13.3. The predicted octanol–water partition coefficient (Wildman–Crippen LogP) is 3.38. The van der Waals surface area contributed by atoms with Gasteiger partial charge in [0.2, 0.25) is 5.91 Å². The number of hydrogen-bond donors (Lipinski definition) is 0. The first-order valence-corrected chi connectivity index (χ1v) is 9.55. The van der Waals surface area contributed by atoms with Crippen LogP contribution in [0.25, 0.3) is 0 Å². The summed E-state index contributed by atoms with van der Waals surface area (Å²) in [5.41, 5.74) is 0.981. The molecule has 2 aliphatic heterocycles. The van der Waals surface area contributed by atoms with E-state index in [-0.39, 0.29) is 11.9 Å². The zero-order valence-corrected chi connectivity index (χ0v) is 16.6. The van der Waals surface area contributed by atoms with Gasteiger partial charge in [-0.2, -0.15) is 5.26 Å². The molecule has 1 spiro atoms. The smallest absolute Gasteiger partial charge is 0.245 e. The summed E-state index contributed by atoms with van der Waals surface area (Å²) >= 11 is 0. The van der Waals surface area contributed by atoms with Gasteiger partial charge in [-0.3, -0.25) is 9.69 Å². The van der Waals surface area contributed by atoms with Crippen molar-refractivity contribution in [3.05, 3.63) is 65.7 Å². The summed E-state index contributed by atoms with van der Waals surface area (Å²) < 4.78 is 5.20. The molecule has 2 heterocycles. The molecule has 144 valence electrons. The first-order valence-electron chi connectivity index (χ1n) is 9.55. The molecule has 0 bridgehead atoms. The standard InChI is InChI=1S/C23H25N3O2/c1-22(15-24)14-23(25(2)20(22)18-7-5-4-6-8-18)16-26(21(23)27)13-17-9-11-19(28-3)12-10-17/h4-12,20H,13-14,16H2,1-3H3. The van der Waals surface area contributed by atoms with E-state index in [2.05, 4.69) is 11.0 Å². The Bertz CT molecular complexity index is 921. The molecule has 2 aromatic rings. The molecule has 2 aromatic carbocycles. The molecule has 5 nitrogen and oxygen atoms in total. The number of nitrogens with zero attached hydrogens (tertiary/aromatic N) is 3. The van der Waals surface area contributed by atoms with Crippen LogP contribution in [0.3, 0.4) is 0 Å². The van der Waals surface area contributed by atoms with Crippen LogP contribution in [-0.4, -0.2) is 41.9 Å². The van der Waals surface area contributed by atoms with Crippen molar-refractivity contribution in [2.24, 2.45) is 5.41 Å². The Morgan fingerprint density at radius 1 is 1.18 bits per heavy atom. The largest absolute Gasteiger partial charge is 0.497 e. The summed E-state index contributed by atoms with van der Waals surface area (Å²) in [6, 6.07) is 20.3. The van der Waals surface area contributed by atoms with Gasteiger partial charge >= 0.3 is 0 Å². The molecule has 0 aromatic heterocycles. The molecule has 0 radical (unpaired) electrons. The predicted molar refractivity (Wildman–Crippen MR) is 106 cm³/mol. The fourth-order valence-corrected chi connectivity index (χ4v) is 4.96. The molecular weight excluding hydrogens is 350 g/mol. The summed E-state index contributed by atoms with van der Waals surface area (Å²) in [5, 5.41) is 9.95. The molecule has 2 aliphatic rings. The molecule has 3 atom stereocenters. The summed E-state index contributed by atoms with van der Waals surface area (Å²) in [4.78, 5) is 17.3. The molecule has 28 heavy (non-hydrogen) atoms. The number of benzene rings is 2. The minimum Gasteiger partial charge on any atom is -0.497 e. The minimum atomic E-state index is -0.599. The van der Waals surface area contributed by atoms with Crippen LogP contribution in [0, 0.1) is 16.7 Å². The first-order chi connectivity index (χ1) is 13.4. The second-order valence-corrected chi connectivity index (χ2v) is 8.17. The zero-order chi connectivity index (χ0) is 19.9. The molecule has 2 saturated heterocycles. The van der Waals surface area contributed by atoms with Crippen molar-refractivity contribution >= 4 is 5.91 Å². The maximum Gasteiger partial charge on any atom is 0.245 e. The van der Waals surface area contributed by atoms with Crippen LogP contribution < -0.4 is 4.74 Å². The molecule has 4 rings (SSSR count). The number of carbonyl (C=O) groups is 1. The average molecular weight is 375 g/mol. The van der Waals surface area contributed by atoms with Gasteiger partial charge in [-0.25, -0.2) is 0 Å². The van der Waals surface area contributed by atoms with Gasteiger partial charge in [-0.15, -0.1) is 0 Å². The second kappa shape index (κ2) is 6.65. The van der Waals surface area contributed by atoms with E-state index in [1.165, 1.54) is 0 Å². The number of ether oxygens (including phenoxy) is 1. The highest BCUT2D eigenvalue weighted by atomic mass is 16.5. The van der Waals surface area contributed by atoms with Crippen LogP contribution in [0.2, 0.25) is 0 Å². The molecule has 5 heteroatoms. The number of amides is 1. The van der Waals surface area contributed by atoms with Gasteiger partial charge in [0, 0.05) is 13.1 Å². The average Bonchev–Trinajstić information content (AvgIpc) is 2.98. The van der Waals surface area contributed by atoms with E-state index in [1.807, 2.05) is 73.5 Å². The van der Waals surface area contributed by atoms with E-state index >= 15 is 0 Å². The fraction of sp³-hybridized carbons (Fsp3) is 0.391. The van der Waals surface area contributed by atoms with Crippen LogP contribution >= 0.6 is 0 Å². The highest BCUT2D eigenvalue weighted by Gasteiger charge is 2.66. The van der Waals surface area contributed by atoms with Crippen LogP contribution in [0.15, 0.2) is 54.6 Å². The highest BCUT2D eigenvalue weighted by Crippen LogP contribution is 2.56. The van der Waals surface area contributed by atoms with E-state index in [0.29, 0.717) is 19.5 Å². The molecule has 0 saturated carbocycles. The van der Waals surface area contributed by atoms with Gasteiger partial charge in [-0.05, 0) is 43.7 Å².